The first kappa shape index (κ1) is 31.6. The number of β-lactam (4-membered cyclic amide) rings is 1. The van der Waals surface area contributed by atoms with Gasteiger partial charge in [0, 0.05) is 58.3 Å². The normalized spacial score (nSPS) is 24.0. The number of nitrogens with two attached hydrogens (primary N) is 1. The summed E-state index contributed by atoms with van der Waals surface area (Å²) >= 11 is 8.20. The van der Waals surface area contributed by atoms with Crippen molar-refractivity contribution in [2.45, 2.75) is 36.4 Å². The molecule has 3 atom stereocenters. The van der Waals surface area contributed by atoms with E-state index in [-0.39, 0.29) is 25.0 Å². The lowest BCUT2D eigenvalue weighted by molar-refractivity contribution is -0.192. The van der Waals surface area contributed by atoms with Gasteiger partial charge >= 0.3 is 11.9 Å². The lowest BCUT2D eigenvalue weighted by Crippen LogP contribution is -2.80. The van der Waals surface area contributed by atoms with Gasteiger partial charge in [0.25, 0.3) is 11.6 Å². The van der Waals surface area contributed by atoms with Gasteiger partial charge in [-0.3, -0.25) is 24.2 Å². The molecule has 2 saturated heterocycles. The summed E-state index contributed by atoms with van der Waals surface area (Å²) in [5.74, 6) is -2.97. The number of thioether (sulfide) groups is 2. The third kappa shape index (κ3) is 7.42. The molecule has 3 heterocycles. The molecular weight excluding hydrogens is 570 g/mol. The number of rotatable bonds is 13. The van der Waals surface area contributed by atoms with E-state index < -0.39 is 40.9 Å². The van der Waals surface area contributed by atoms with Crippen LogP contribution in [-0.2, 0) is 28.7 Å². The smallest absolute Gasteiger partial charge is 0.352 e. The zero-order valence-electron chi connectivity index (χ0n) is 21.9. The number of thiocarbonyl (C=S) groups is 1. The Kier molecular flexibility index (Phi) is 11.4. The van der Waals surface area contributed by atoms with E-state index in [2.05, 4.69) is 10.2 Å². The SMILES string of the molecule is CO[C@@]1(NC(=O)CCCC(N)C(=O)O)C(=O)N2C(C(=O)O)=C(CSC(=S)N(C)CCN3CCOCC3)CS[C@H]21. The Hall–Kier alpha value is -1.95. The van der Waals surface area contributed by atoms with Crippen LogP contribution in [0.1, 0.15) is 19.3 Å². The van der Waals surface area contributed by atoms with Gasteiger partial charge in [-0.05, 0) is 18.4 Å². The van der Waals surface area contributed by atoms with Crippen LogP contribution in [-0.4, -0.2) is 135 Å². The molecule has 2 fully saturated rings. The van der Waals surface area contributed by atoms with E-state index in [0.717, 1.165) is 44.3 Å². The van der Waals surface area contributed by atoms with Crippen molar-refractivity contribution in [2.75, 3.05) is 65.1 Å². The van der Waals surface area contributed by atoms with E-state index in [0.29, 0.717) is 21.4 Å². The Morgan fingerprint density at radius 2 is 2.05 bits per heavy atom. The number of carboxylic acids is 2. The van der Waals surface area contributed by atoms with Crippen molar-refractivity contribution in [1.29, 1.82) is 0 Å². The number of nitrogens with zero attached hydrogens (tertiary/aromatic N) is 3. The number of carbonyl (C=O) groups excluding carboxylic acids is 2. The van der Waals surface area contributed by atoms with Crippen LogP contribution in [0.2, 0.25) is 0 Å². The molecule has 1 unspecified atom stereocenters. The van der Waals surface area contributed by atoms with Gasteiger partial charge in [0.2, 0.25) is 5.91 Å². The van der Waals surface area contributed by atoms with Crippen molar-refractivity contribution in [2.24, 2.45) is 5.73 Å². The number of ether oxygens (including phenoxy) is 2. The summed E-state index contributed by atoms with van der Waals surface area (Å²) in [6.07, 6.45) is 0.242. The van der Waals surface area contributed by atoms with Crippen LogP contribution in [0.5, 0.6) is 0 Å². The summed E-state index contributed by atoms with van der Waals surface area (Å²) in [4.78, 5) is 54.3. The molecule has 5 N–H and O–H groups in total. The third-order valence-corrected chi connectivity index (χ3v) is 9.82. The van der Waals surface area contributed by atoms with Crippen LogP contribution in [0, 0.1) is 0 Å². The highest BCUT2D eigenvalue weighted by molar-refractivity contribution is 8.23. The first-order chi connectivity index (χ1) is 18.5. The van der Waals surface area contributed by atoms with Crippen LogP contribution in [0.4, 0.5) is 0 Å². The largest absolute Gasteiger partial charge is 0.480 e. The van der Waals surface area contributed by atoms with Crippen molar-refractivity contribution in [3.05, 3.63) is 11.3 Å². The minimum Gasteiger partial charge on any atom is -0.480 e. The molecule has 0 aromatic rings. The molecule has 3 rings (SSSR count). The van der Waals surface area contributed by atoms with Crippen LogP contribution in [0.25, 0.3) is 0 Å². The molecule has 13 nitrogen and oxygen atoms in total. The topological polar surface area (TPSA) is 175 Å². The van der Waals surface area contributed by atoms with Crippen LogP contribution >= 0.6 is 35.7 Å². The maximum absolute atomic E-state index is 13.2. The van der Waals surface area contributed by atoms with Crippen molar-refractivity contribution in [3.8, 4) is 0 Å². The Balaban J connectivity index is 1.59. The molecule has 0 spiro atoms. The Morgan fingerprint density at radius 3 is 2.67 bits per heavy atom. The number of carboxylic acid groups (broad SMARTS) is 2. The number of morpholine rings is 1. The minimum atomic E-state index is -1.70. The highest BCUT2D eigenvalue weighted by Crippen LogP contribution is 2.47. The maximum atomic E-state index is 13.2. The number of methoxy groups -OCH3 is 1. The third-order valence-electron chi connectivity index (χ3n) is 6.73. The van der Waals surface area contributed by atoms with Gasteiger partial charge < -0.3 is 35.6 Å². The van der Waals surface area contributed by atoms with E-state index in [1.54, 1.807) is 0 Å². The van der Waals surface area contributed by atoms with E-state index in [4.69, 9.17) is 32.5 Å². The fraction of sp³-hybridized carbons (Fsp3) is 0.696. The predicted octanol–water partition coefficient (Wildman–Crippen LogP) is -0.437. The molecule has 2 amide bonds. The summed E-state index contributed by atoms with van der Waals surface area (Å²) < 4.78 is 11.4. The molecule has 39 heavy (non-hydrogen) atoms. The molecule has 0 radical (unpaired) electrons. The van der Waals surface area contributed by atoms with Crippen molar-refractivity contribution >= 4 is 63.8 Å². The van der Waals surface area contributed by atoms with Crippen LogP contribution < -0.4 is 11.1 Å². The quantitative estimate of drug-likeness (QED) is 0.121. The van der Waals surface area contributed by atoms with Gasteiger partial charge in [-0.25, -0.2) is 4.79 Å². The zero-order chi connectivity index (χ0) is 28.7. The van der Waals surface area contributed by atoms with Crippen molar-refractivity contribution in [3.63, 3.8) is 0 Å². The summed E-state index contributed by atoms with van der Waals surface area (Å²) in [5.41, 5.74) is 4.20. The van der Waals surface area contributed by atoms with Gasteiger partial charge in [0.05, 0.1) is 13.2 Å². The lowest BCUT2D eigenvalue weighted by Gasteiger charge is -2.55. The number of likely N-dealkylation sites (N-methyl/N-ethyl adjacent to an activating group) is 1. The van der Waals surface area contributed by atoms with Gasteiger partial charge in [-0.15, -0.1) is 11.8 Å². The number of hydrogen-bond donors (Lipinski definition) is 4. The van der Waals surface area contributed by atoms with E-state index in [9.17, 15) is 24.3 Å². The fourth-order valence-electron chi connectivity index (χ4n) is 4.40. The summed E-state index contributed by atoms with van der Waals surface area (Å²) in [6.45, 7) is 4.79. The summed E-state index contributed by atoms with van der Waals surface area (Å²) in [7, 11) is 3.18. The van der Waals surface area contributed by atoms with Crippen molar-refractivity contribution in [1.82, 2.24) is 20.0 Å². The van der Waals surface area contributed by atoms with Gasteiger partial charge in [0.15, 0.2) is 0 Å². The molecule has 16 heteroatoms. The van der Waals surface area contributed by atoms with Crippen LogP contribution in [0.3, 0.4) is 0 Å². The number of hydrogen-bond acceptors (Lipinski definition) is 11. The molecule has 3 aliphatic rings. The minimum absolute atomic E-state index is 0.0588. The second-order valence-corrected chi connectivity index (χ2v) is 12.0. The molecular formula is C23H35N5O8S3. The van der Waals surface area contributed by atoms with Gasteiger partial charge in [-0.1, -0.05) is 24.0 Å². The van der Waals surface area contributed by atoms with Crippen LogP contribution in [0.15, 0.2) is 11.3 Å². The molecule has 218 valence electrons. The Labute approximate surface area is 240 Å². The average Bonchev–Trinajstić information content (AvgIpc) is 2.92. The average molecular weight is 606 g/mol. The zero-order valence-corrected chi connectivity index (χ0v) is 24.4. The Bertz CT molecular complexity index is 1010. The van der Waals surface area contributed by atoms with E-state index in [1.165, 1.54) is 30.6 Å². The van der Waals surface area contributed by atoms with Gasteiger partial charge in [0.1, 0.15) is 21.4 Å². The van der Waals surface area contributed by atoms with Crippen molar-refractivity contribution < 1.29 is 38.9 Å². The predicted molar refractivity (Wildman–Crippen MR) is 150 cm³/mol. The number of aliphatic carboxylic acids is 2. The monoisotopic (exact) mass is 605 g/mol. The van der Waals surface area contributed by atoms with E-state index in [1.807, 2.05) is 11.9 Å². The lowest BCUT2D eigenvalue weighted by atomic mass is 9.98. The second kappa shape index (κ2) is 14.1. The molecule has 0 aromatic carbocycles. The fourth-order valence-corrected chi connectivity index (χ4v) is 7.08. The standard InChI is InChI=1S/C23H35N5O8S3/c1-26(6-7-27-8-10-36-11-9-27)22(37)39-13-14-12-38-21-23(35-2,20(34)28(21)17(14)19(32)33)25-16(29)5-3-4-15(24)18(30)31/h15,21H,3-13,24H2,1-2H3,(H,25,29)(H,30,31)(H,32,33)/t15?,21-,23-/m0/s1. The second-order valence-electron chi connectivity index (χ2n) is 9.35. The van der Waals surface area contributed by atoms with Gasteiger partial charge in [-0.2, -0.15) is 0 Å². The summed E-state index contributed by atoms with van der Waals surface area (Å²) in [6, 6.07) is -1.08. The first-order valence-corrected chi connectivity index (χ1v) is 14.9. The first-order valence-electron chi connectivity index (χ1n) is 12.4. The molecule has 0 saturated carbocycles. The van der Waals surface area contributed by atoms with E-state index >= 15 is 0 Å². The number of amides is 2. The maximum Gasteiger partial charge on any atom is 0.352 e. The number of nitrogens with one attached hydrogen (secondary N) is 1. The highest BCUT2D eigenvalue weighted by atomic mass is 32.2. The molecule has 0 aromatic heterocycles. The highest BCUT2D eigenvalue weighted by Gasteiger charge is 2.66. The molecule has 0 bridgehead atoms. The Morgan fingerprint density at radius 1 is 1.36 bits per heavy atom. The molecule has 0 aliphatic carbocycles. The number of fused-ring (bicyclic) bond motifs is 1. The summed E-state index contributed by atoms with van der Waals surface area (Å²) in [5, 5.41) is 20.7. The number of carbonyl (C=O) groups is 4. The molecule has 3 aliphatic heterocycles.